The van der Waals surface area contributed by atoms with Crippen LogP contribution in [0.2, 0.25) is 0 Å². The van der Waals surface area contributed by atoms with Crippen molar-refractivity contribution >= 4 is 0 Å². The minimum atomic E-state index is -0.225. The average molecular weight is 282 g/mol. The number of hydrogen-bond acceptors (Lipinski definition) is 4. The lowest BCUT2D eigenvalue weighted by atomic mass is 10.1. The first-order valence-corrected chi connectivity index (χ1v) is 6.29. The summed E-state index contributed by atoms with van der Waals surface area (Å²) in [5, 5.41) is 9.78. The third-order valence-corrected chi connectivity index (χ3v) is 2.46. The summed E-state index contributed by atoms with van der Waals surface area (Å²) in [6.07, 6.45) is 2.90. The molecule has 0 unspecified atom stereocenters. The third kappa shape index (κ3) is 3.94. The minimum absolute atomic E-state index is 0.160. The predicted molar refractivity (Wildman–Crippen MR) is 75.7 cm³/mol. The van der Waals surface area contributed by atoms with Crippen LogP contribution in [0.3, 0.4) is 0 Å². The number of aromatic amines is 2. The molecule has 2 N–H and O–H groups in total. The van der Waals surface area contributed by atoms with E-state index < -0.39 is 0 Å². The Bertz CT molecular complexity index is 588. The maximum absolute atomic E-state index is 10.9. The number of hydrogen-bond donors (Lipinski definition) is 2. The molecule has 2 aromatic heterocycles. The van der Waals surface area contributed by atoms with Gasteiger partial charge in [0.2, 0.25) is 0 Å². The van der Waals surface area contributed by atoms with Crippen molar-refractivity contribution in [1.82, 2.24) is 29.5 Å². The van der Waals surface area contributed by atoms with Gasteiger partial charge in [0.05, 0.1) is 5.54 Å². The molecule has 0 aliphatic rings. The van der Waals surface area contributed by atoms with Gasteiger partial charge in [0, 0.05) is 5.54 Å². The quantitative estimate of drug-likeness (QED) is 0.740. The maximum Gasteiger partial charge on any atom is 0.343 e. The minimum Gasteiger partial charge on any atom is -0.295 e. The largest absolute Gasteiger partial charge is 0.343 e. The predicted octanol–water partition coefficient (Wildman–Crippen LogP) is 0.653. The van der Waals surface area contributed by atoms with E-state index in [1.807, 2.05) is 41.5 Å². The second-order valence-electron chi connectivity index (χ2n) is 6.38. The molecular weight excluding hydrogens is 260 g/mol. The highest BCUT2D eigenvalue weighted by Gasteiger charge is 2.15. The van der Waals surface area contributed by atoms with Crippen LogP contribution in [0.25, 0.3) is 0 Å². The monoisotopic (exact) mass is 282 g/mol. The van der Waals surface area contributed by atoms with Crippen LogP contribution < -0.4 is 11.4 Å². The number of nitrogens with one attached hydrogen (secondary N) is 2. The summed E-state index contributed by atoms with van der Waals surface area (Å²) in [4.78, 5) is 24.3. The molecule has 2 rings (SSSR count). The van der Waals surface area contributed by atoms with Crippen LogP contribution in [-0.4, -0.2) is 29.5 Å². The van der Waals surface area contributed by atoms with Crippen LogP contribution in [0, 0.1) is 0 Å². The molecule has 0 atom stereocenters. The Hall–Kier alpha value is -2.12. The van der Waals surface area contributed by atoms with Crippen LogP contribution in [0.1, 0.15) is 41.5 Å². The second kappa shape index (κ2) is 5.48. The zero-order valence-corrected chi connectivity index (χ0v) is 12.8. The Balaban J connectivity index is 0.000000200. The number of aromatic nitrogens is 6. The molecule has 0 amide bonds. The van der Waals surface area contributed by atoms with Crippen molar-refractivity contribution in [3.8, 4) is 0 Å². The van der Waals surface area contributed by atoms with Crippen molar-refractivity contribution < 1.29 is 0 Å². The molecule has 0 aliphatic carbocycles. The molecule has 0 aliphatic heterocycles. The molecule has 0 aromatic carbocycles. The summed E-state index contributed by atoms with van der Waals surface area (Å²) in [6.45, 7) is 11.6. The van der Waals surface area contributed by atoms with E-state index in [0.29, 0.717) is 0 Å². The van der Waals surface area contributed by atoms with Gasteiger partial charge in [-0.2, -0.15) is 10.2 Å². The van der Waals surface area contributed by atoms with E-state index in [-0.39, 0.29) is 22.5 Å². The third-order valence-electron chi connectivity index (χ3n) is 2.46. The van der Waals surface area contributed by atoms with Gasteiger partial charge in [0.15, 0.2) is 0 Å². The lowest BCUT2D eigenvalue weighted by Gasteiger charge is -2.17. The van der Waals surface area contributed by atoms with Crippen molar-refractivity contribution in [2.75, 3.05) is 0 Å². The van der Waals surface area contributed by atoms with Gasteiger partial charge < -0.3 is 0 Å². The lowest BCUT2D eigenvalue weighted by Crippen LogP contribution is -2.33. The molecule has 0 radical (unpaired) electrons. The van der Waals surface area contributed by atoms with Crippen LogP contribution in [-0.2, 0) is 11.1 Å². The normalized spacial score (nSPS) is 11.9. The molecule has 8 nitrogen and oxygen atoms in total. The summed E-state index contributed by atoms with van der Waals surface area (Å²) >= 11 is 0. The molecule has 0 spiro atoms. The second-order valence-corrected chi connectivity index (χ2v) is 6.38. The lowest BCUT2D eigenvalue weighted by molar-refractivity contribution is 0.343. The highest BCUT2D eigenvalue weighted by atomic mass is 16.2. The van der Waals surface area contributed by atoms with E-state index in [1.54, 1.807) is 4.57 Å². The SMILES string of the molecule is CC(C)(C)n1cn[nH]c1=O.CC(C)(C)n1nc[nH]c1=O. The Morgan fingerprint density at radius 1 is 1.00 bits per heavy atom. The summed E-state index contributed by atoms with van der Waals surface area (Å²) in [5.74, 6) is 0. The molecule has 0 saturated heterocycles. The van der Waals surface area contributed by atoms with E-state index >= 15 is 0 Å². The van der Waals surface area contributed by atoms with Gasteiger partial charge in [0.1, 0.15) is 12.7 Å². The van der Waals surface area contributed by atoms with Crippen molar-refractivity contribution in [1.29, 1.82) is 0 Å². The van der Waals surface area contributed by atoms with Gasteiger partial charge in [-0.3, -0.25) is 9.55 Å². The van der Waals surface area contributed by atoms with Crippen LogP contribution in [0.4, 0.5) is 0 Å². The van der Waals surface area contributed by atoms with Gasteiger partial charge >= 0.3 is 11.4 Å². The van der Waals surface area contributed by atoms with Crippen LogP contribution in [0.15, 0.2) is 22.2 Å². The molecule has 2 aromatic rings. The Morgan fingerprint density at radius 2 is 1.60 bits per heavy atom. The van der Waals surface area contributed by atoms with E-state index in [9.17, 15) is 9.59 Å². The van der Waals surface area contributed by atoms with Crippen molar-refractivity contribution in [2.45, 2.75) is 52.6 Å². The van der Waals surface area contributed by atoms with E-state index in [4.69, 9.17) is 0 Å². The molecular formula is C12H22N6O2. The Morgan fingerprint density at radius 3 is 1.80 bits per heavy atom. The fourth-order valence-electron chi connectivity index (χ4n) is 1.46. The fraction of sp³-hybridized carbons (Fsp3) is 0.667. The first kappa shape index (κ1) is 15.9. The highest BCUT2D eigenvalue weighted by Crippen LogP contribution is 2.08. The standard InChI is InChI=1S/2C6H11N3O/c1-6(2,3)9-4-7-8-5(9)10;1-6(2,3)9-5(10)7-4-8-9/h4H,1-3H3,(H,8,10);4H,1-3H3,(H,7,8,10). The van der Waals surface area contributed by atoms with Gasteiger partial charge in [-0.15, -0.1) is 0 Å². The van der Waals surface area contributed by atoms with Crippen molar-refractivity contribution in [3.05, 3.63) is 33.6 Å². The van der Waals surface area contributed by atoms with E-state index in [1.165, 1.54) is 17.3 Å². The topological polar surface area (TPSA) is 101 Å². The van der Waals surface area contributed by atoms with Crippen LogP contribution in [0.5, 0.6) is 0 Å². The zero-order valence-electron chi connectivity index (χ0n) is 12.8. The highest BCUT2D eigenvalue weighted by molar-refractivity contribution is 4.76. The molecule has 112 valence electrons. The van der Waals surface area contributed by atoms with Crippen LogP contribution >= 0.6 is 0 Å². The molecule has 8 heteroatoms. The van der Waals surface area contributed by atoms with E-state index in [0.717, 1.165) is 0 Å². The number of nitrogens with zero attached hydrogens (tertiary/aromatic N) is 4. The van der Waals surface area contributed by atoms with E-state index in [2.05, 4.69) is 20.3 Å². The summed E-state index contributed by atoms with van der Waals surface area (Å²) < 4.78 is 2.96. The van der Waals surface area contributed by atoms with Gasteiger partial charge in [-0.25, -0.2) is 19.4 Å². The molecule has 20 heavy (non-hydrogen) atoms. The first-order valence-electron chi connectivity index (χ1n) is 6.29. The fourth-order valence-corrected chi connectivity index (χ4v) is 1.46. The average Bonchev–Trinajstić information content (AvgIpc) is 2.85. The smallest absolute Gasteiger partial charge is 0.295 e. The zero-order chi connectivity index (χ0) is 15.6. The van der Waals surface area contributed by atoms with Gasteiger partial charge in [0.25, 0.3) is 0 Å². The van der Waals surface area contributed by atoms with Crippen molar-refractivity contribution in [2.24, 2.45) is 0 Å². The maximum atomic E-state index is 10.9. The Kier molecular flexibility index (Phi) is 4.36. The first-order chi connectivity index (χ1) is 9.03. The number of rotatable bonds is 0. The molecule has 0 fully saturated rings. The molecule has 0 bridgehead atoms. The van der Waals surface area contributed by atoms with Gasteiger partial charge in [-0.05, 0) is 41.5 Å². The molecule has 0 saturated carbocycles. The summed E-state index contributed by atoms with van der Waals surface area (Å²) in [5.41, 5.74) is -0.721. The molecule has 2 heterocycles. The Labute approximate surface area is 116 Å². The van der Waals surface area contributed by atoms with Crippen molar-refractivity contribution in [3.63, 3.8) is 0 Å². The summed E-state index contributed by atoms with van der Waals surface area (Å²) in [6, 6.07) is 0. The number of H-pyrrole nitrogens is 2. The van der Waals surface area contributed by atoms with Gasteiger partial charge in [-0.1, -0.05) is 0 Å². The summed E-state index contributed by atoms with van der Waals surface area (Å²) in [7, 11) is 0.